The number of urea groups is 1. The van der Waals surface area contributed by atoms with Crippen LogP contribution in [-0.4, -0.2) is 77.7 Å². The number of aryl methyl sites for hydroxylation is 2. The van der Waals surface area contributed by atoms with E-state index in [4.69, 9.17) is 9.15 Å². The zero-order valence-electron chi connectivity index (χ0n) is 30.9. The normalized spacial score (nSPS) is 19.6. The third-order valence-electron chi connectivity index (χ3n) is 9.11. The lowest BCUT2D eigenvalue weighted by molar-refractivity contribution is -0.0527. The Hall–Kier alpha value is -4.47. The molecule has 3 aromatic rings. The lowest BCUT2D eigenvalue weighted by atomic mass is 9.86. The van der Waals surface area contributed by atoms with Gasteiger partial charge in [-0.05, 0) is 102 Å². The Kier molecular flexibility index (Phi) is 13.3. The fourth-order valence-corrected chi connectivity index (χ4v) is 6.79. The van der Waals surface area contributed by atoms with Gasteiger partial charge >= 0.3 is 33.5 Å². The van der Waals surface area contributed by atoms with Gasteiger partial charge in [0, 0.05) is 45.2 Å². The maximum atomic E-state index is 12.7. The van der Waals surface area contributed by atoms with Crippen molar-refractivity contribution >= 4 is 33.3 Å². The summed E-state index contributed by atoms with van der Waals surface area (Å²) in [6.07, 6.45) is 5.24. The molecule has 1 fully saturated rings. The van der Waals surface area contributed by atoms with Crippen molar-refractivity contribution in [3.05, 3.63) is 82.0 Å². The van der Waals surface area contributed by atoms with Crippen LogP contribution in [0.15, 0.2) is 69.6 Å². The predicted molar refractivity (Wildman–Crippen MR) is 194 cm³/mol. The molecule has 2 aliphatic heterocycles. The van der Waals surface area contributed by atoms with Gasteiger partial charge in [0.1, 0.15) is 11.4 Å². The van der Waals surface area contributed by atoms with Crippen LogP contribution in [0.3, 0.4) is 0 Å². The van der Waals surface area contributed by atoms with Crippen LogP contribution in [0.1, 0.15) is 83.8 Å². The number of piperidine rings is 1. The molecule has 2 aliphatic rings. The van der Waals surface area contributed by atoms with Crippen LogP contribution in [0.5, 0.6) is 0 Å². The predicted octanol–water partition coefficient (Wildman–Crippen LogP) is 7.20. The first kappa shape index (κ1) is 41.3. The number of hydrogen-bond acceptors (Lipinski definition) is 8. The summed E-state index contributed by atoms with van der Waals surface area (Å²) in [5, 5.41) is 3.09. The number of hydrogen-bond donors (Lipinski definition) is 1. The molecule has 3 amide bonds. The summed E-state index contributed by atoms with van der Waals surface area (Å²) in [4.78, 5) is 39.5. The van der Waals surface area contributed by atoms with Gasteiger partial charge in [-0.25, -0.2) is 14.4 Å². The Morgan fingerprint density at radius 2 is 1.70 bits per heavy atom. The average molecular weight is 767 g/mol. The summed E-state index contributed by atoms with van der Waals surface area (Å²) in [5.41, 5.74) is -2.23. The summed E-state index contributed by atoms with van der Waals surface area (Å²) < 4.78 is 74.7. The number of benzene rings is 2. The van der Waals surface area contributed by atoms with Gasteiger partial charge in [0.15, 0.2) is 5.58 Å². The van der Waals surface area contributed by atoms with E-state index in [1.807, 2.05) is 23.1 Å². The zero-order valence-corrected chi connectivity index (χ0v) is 31.8. The highest BCUT2D eigenvalue weighted by atomic mass is 32.2. The number of likely N-dealkylation sites (tertiary alicyclic amines) is 1. The van der Waals surface area contributed by atoms with Gasteiger partial charge in [-0.1, -0.05) is 36.4 Å². The number of ether oxygens (including phenoxy) is 1. The molecule has 2 aromatic carbocycles. The molecule has 1 N–H and O–H groups in total. The fraction of sp³-hybridized carbons (Fsp3) is 0.541. The molecule has 16 heteroatoms. The van der Waals surface area contributed by atoms with E-state index in [9.17, 15) is 36.0 Å². The standard InChI is InChI=1S/C25H31N3O3.C12H18F3NO5S/c1-18-16-21(20-11-12-22-23(17-20)31-25(30)27(22)2)13-15-28(18)24(29)26-14-7-6-10-19-8-4-3-5-9-19;1-8-7-9(21-22(18,19)12(13,14)15)5-6-16(8)10(17)20-11(2,3)4/h3-5,8-9,11-12,17-18,21H,6-7,10,13-16H2,1-2H3,(H,26,29);5,8H,6-7H2,1-4H3/t18-,21?;8-/m00/s1. The molecule has 0 radical (unpaired) electrons. The van der Waals surface area contributed by atoms with Gasteiger partial charge in [-0.3, -0.25) is 4.57 Å². The zero-order chi connectivity index (χ0) is 39.1. The van der Waals surface area contributed by atoms with E-state index in [2.05, 4.69) is 46.8 Å². The number of unbranched alkanes of at least 4 members (excludes halogenated alkanes) is 1. The molecule has 1 aromatic heterocycles. The van der Waals surface area contributed by atoms with Gasteiger partial charge < -0.3 is 28.5 Å². The van der Waals surface area contributed by atoms with Crippen molar-refractivity contribution in [1.82, 2.24) is 19.7 Å². The highest BCUT2D eigenvalue weighted by molar-refractivity contribution is 7.87. The molecule has 292 valence electrons. The molecule has 3 heterocycles. The third-order valence-corrected chi connectivity index (χ3v) is 10.1. The molecule has 12 nitrogen and oxygen atoms in total. The molecule has 1 saturated heterocycles. The minimum absolute atomic E-state index is 0.0372. The summed E-state index contributed by atoms with van der Waals surface area (Å²) in [6, 6.07) is 16.1. The molecule has 3 atom stereocenters. The Bertz CT molecular complexity index is 1920. The van der Waals surface area contributed by atoms with Crippen LogP contribution in [0.25, 0.3) is 11.1 Å². The maximum Gasteiger partial charge on any atom is 0.534 e. The molecule has 0 bridgehead atoms. The van der Waals surface area contributed by atoms with Crippen LogP contribution < -0.4 is 11.1 Å². The first-order valence-electron chi connectivity index (χ1n) is 17.6. The summed E-state index contributed by atoms with van der Waals surface area (Å²) in [7, 11) is -3.97. The lowest BCUT2D eigenvalue weighted by Gasteiger charge is -2.37. The number of rotatable bonds is 8. The number of carbonyl (C=O) groups excluding carboxylic acids is 2. The highest BCUT2D eigenvalue weighted by Gasteiger charge is 2.49. The Morgan fingerprint density at radius 1 is 1.00 bits per heavy atom. The second-order valence-corrected chi connectivity index (χ2v) is 16.0. The highest BCUT2D eigenvalue weighted by Crippen LogP contribution is 2.33. The van der Waals surface area contributed by atoms with Crippen molar-refractivity contribution < 1.29 is 44.5 Å². The largest absolute Gasteiger partial charge is 0.534 e. The Balaban J connectivity index is 0.000000253. The number of alkyl halides is 3. The Labute approximate surface area is 308 Å². The van der Waals surface area contributed by atoms with E-state index in [-0.39, 0.29) is 36.6 Å². The molecule has 0 aliphatic carbocycles. The van der Waals surface area contributed by atoms with Crippen molar-refractivity contribution in [1.29, 1.82) is 0 Å². The van der Waals surface area contributed by atoms with Crippen molar-refractivity contribution in [3.8, 4) is 0 Å². The van der Waals surface area contributed by atoms with Crippen molar-refractivity contribution in [2.45, 2.75) is 102 Å². The quantitative estimate of drug-likeness (QED) is 0.144. The molecule has 1 unspecified atom stereocenters. The van der Waals surface area contributed by atoms with Crippen molar-refractivity contribution in [3.63, 3.8) is 0 Å². The monoisotopic (exact) mass is 766 g/mol. The van der Waals surface area contributed by atoms with Gasteiger partial charge in [0.05, 0.1) is 5.52 Å². The first-order valence-corrected chi connectivity index (χ1v) is 19.0. The maximum absolute atomic E-state index is 12.7. The number of nitrogens with one attached hydrogen (secondary N) is 1. The van der Waals surface area contributed by atoms with Crippen LogP contribution in [0.4, 0.5) is 22.8 Å². The van der Waals surface area contributed by atoms with Gasteiger partial charge in [0.2, 0.25) is 0 Å². The minimum Gasteiger partial charge on any atom is -0.444 e. The van der Waals surface area contributed by atoms with Crippen LogP contribution >= 0.6 is 0 Å². The topological polar surface area (TPSA) is 140 Å². The summed E-state index contributed by atoms with van der Waals surface area (Å²) in [5.74, 6) is -0.319. The van der Waals surface area contributed by atoms with E-state index in [0.717, 1.165) is 50.2 Å². The van der Waals surface area contributed by atoms with E-state index in [1.165, 1.54) is 20.6 Å². The summed E-state index contributed by atoms with van der Waals surface area (Å²) in [6.45, 7) is 10.1. The number of halogens is 3. The molecule has 0 spiro atoms. The number of fused-ring (bicyclic) bond motifs is 1. The number of carbonyl (C=O) groups is 2. The Morgan fingerprint density at radius 3 is 2.32 bits per heavy atom. The van der Waals surface area contributed by atoms with Crippen molar-refractivity contribution in [2.24, 2.45) is 7.05 Å². The number of amides is 3. The summed E-state index contributed by atoms with van der Waals surface area (Å²) >= 11 is 0. The van der Waals surface area contributed by atoms with Crippen LogP contribution in [0, 0.1) is 0 Å². The van der Waals surface area contributed by atoms with Gasteiger partial charge in [0.25, 0.3) is 0 Å². The fourth-order valence-electron chi connectivity index (χ4n) is 6.27. The van der Waals surface area contributed by atoms with E-state index < -0.39 is 33.4 Å². The average Bonchev–Trinajstić information content (AvgIpc) is 3.35. The van der Waals surface area contributed by atoms with E-state index in [1.54, 1.807) is 34.7 Å². The van der Waals surface area contributed by atoms with Crippen molar-refractivity contribution in [2.75, 3.05) is 19.6 Å². The second kappa shape index (κ2) is 17.1. The van der Waals surface area contributed by atoms with Crippen LogP contribution in [-0.2, 0) is 32.5 Å². The van der Waals surface area contributed by atoms with Gasteiger partial charge in [-0.2, -0.15) is 21.6 Å². The van der Waals surface area contributed by atoms with E-state index in [0.29, 0.717) is 18.0 Å². The van der Waals surface area contributed by atoms with Gasteiger partial charge in [-0.15, -0.1) is 0 Å². The lowest BCUT2D eigenvalue weighted by Crippen LogP contribution is -2.49. The third kappa shape index (κ3) is 11.3. The smallest absolute Gasteiger partial charge is 0.444 e. The molecule has 0 saturated carbocycles. The first-order chi connectivity index (χ1) is 24.8. The second-order valence-electron chi connectivity index (χ2n) is 14.4. The van der Waals surface area contributed by atoms with E-state index >= 15 is 0 Å². The number of aromatic nitrogens is 1. The van der Waals surface area contributed by atoms with Crippen LogP contribution in [0.2, 0.25) is 0 Å². The molecular formula is C37H49F3N4O8S. The number of oxazole rings is 1. The SMILES string of the molecule is C[C@H]1CC(OS(=O)(=O)C(F)(F)F)=CCN1C(=O)OC(C)(C)C.C[C@H]1CC(c2ccc3c(c2)oc(=O)n3C)CCN1C(=O)NCCCCc1ccccc1. The minimum atomic E-state index is -5.69. The molecular weight excluding hydrogens is 717 g/mol. The molecule has 53 heavy (non-hydrogen) atoms. The molecule has 5 rings (SSSR count). The number of nitrogens with zero attached hydrogens (tertiary/aromatic N) is 3.